The van der Waals surface area contributed by atoms with Crippen molar-refractivity contribution in [1.82, 2.24) is 4.57 Å². The molecule has 3 aromatic carbocycles. The van der Waals surface area contributed by atoms with Crippen LogP contribution in [0.1, 0.15) is 24.1 Å². The molecule has 1 aliphatic rings. The van der Waals surface area contributed by atoms with Crippen molar-refractivity contribution in [1.29, 1.82) is 0 Å². The Morgan fingerprint density at radius 1 is 1.10 bits per heavy atom. The topological polar surface area (TPSA) is 75.9 Å². The lowest BCUT2D eigenvalue weighted by molar-refractivity contribution is -0.113. The summed E-state index contributed by atoms with van der Waals surface area (Å²) in [5.74, 6) is 0.325. The van der Waals surface area contributed by atoms with Gasteiger partial charge in [-0.25, -0.2) is 4.99 Å². The van der Waals surface area contributed by atoms with Crippen LogP contribution in [-0.2, 0) is 4.79 Å². The second kappa shape index (κ2) is 11.0. The van der Waals surface area contributed by atoms with Gasteiger partial charge in [0.15, 0.2) is 4.80 Å². The van der Waals surface area contributed by atoms with E-state index in [2.05, 4.69) is 21.2 Å². The minimum atomic E-state index is -0.676. The van der Waals surface area contributed by atoms with E-state index >= 15 is 0 Å². The molecule has 4 aromatic rings. The lowest BCUT2D eigenvalue weighted by Crippen LogP contribution is -2.40. The lowest BCUT2D eigenvalue weighted by Gasteiger charge is -2.25. The molecule has 9 heteroatoms. The summed E-state index contributed by atoms with van der Waals surface area (Å²) in [5.41, 5.74) is 4.09. The van der Waals surface area contributed by atoms with E-state index in [4.69, 9.17) is 9.73 Å². The predicted molar refractivity (Wildman–Crippen MR) is 160 cm³/mol. The summed E-state index contributed by atoms with van der Waals surface area (Å²) in [6.45, 7) is 1.81. The van der Waals surface area contributed by atoms with Gasteiger partial charge in [0.2, 0.25) is 0 Å². The molecule has 198 valence electrons. The number of amides is 1. The average molecular weight is 604 g/mol. The highest BCUT2D eigenvalue weighted by Gasteiger charge is 2.32. The molecule has 0 bridgehead atoms. The molecular formula is C30H27BrN4O3S. The minimum absolute atomic E-state index is 0.211. The molecule has 0 fully saturated rings. The number of allylic oxidation sites excluding steroid dienone is 1. The van der Waals surface area contributed by atoms with Gasteiger partial charge in [0, 0.05) is 24.3 Å². The lowest BCUT2D eigenvalue weighted by atomic mass is 9.95. The van der Waals surface area contributed by atoms with Crippen LogP contribution in [0.3, 0.4) is 0 Å². The van der Waals surface area contributed by atoms with Crippen molar-refractivity contribution >= 4 is 50.6 Å². The predicted octanol–water partition coefficient (Wildman–Crippen LogP) is 4.71. The minimum Gasteiger partial charge on any atom is -0.497 e. The van der Waals surface area contributed by atoms with Crippen LogP contribution in [0.5, 0.6) is 5.75 Å². The molecule has 0 aliphatic carbocycles. The number of carbonyl (C=O) groups excluding carboxylic acids is 1. The van der Waals surface area contributed by atoms with E-state index in [0.717, 1.165) is 21.3 Å². The molecule has 5 rings (SSSR count). The number of thiazole rings is 1. The first-order valence-corrected chi connectivity index (χ1v) is 13.9. The van der Waals surface area contributed by atoms with Crippen LogP contribution >= 0.6 is 27.3 Å². The zero-order chi connectivity index (χ0) is 27.7. The number of para-hydroxylation sites is 1. The largest absolute Gasteiger partial charge is 0.497 e. The Morgan fingerprint density at radius 2 is 1.87 bits per heavy atom. The van der Waals surface area contributed by atoms with Gasteiger partial charge in [-0.15, -0.1) is 0 Å². The Morgan fingerprint density at radius 3 is 2.56 bits per heavy atom. The molecular weight excluding hydrogens is 576 g/mol. The molecule has 1 aliphatic heterocycles. The van der Waals surface area contributed by atoms with Crippen LogP contribution in [0.4, 0.5) is 11.4 Å². The Labute approximate surface area is 238 Å². The fourth-order valence-corrected chi connectivity index (χ4v) is 6.38. The van der Waals surface area contributed by atoms with E-state index < -0.39 is 6.04 Å². The monoisotopic (exact) mass is 602 g/mol. The third-order valence-corrected chi connectivity index (χ3v) is 8.08. The van der Waals surface area contributed by atoms with Crippen LogP contribution in [0.2, 0.25) is 0 Å². The number of methoxy groups -OCH3 is 1. The summed E-state index contributed by atoms with van der Waals surface area (Å²) in [7, 11) is 5.54. The van der Waals surface area contributed by atoms with Gasteiger partial charge in [-0.1, -0.05) is 47.7 Å². The normalized spacial score (nSPS) is 15.0. The number of hydrogen-bond donors (Lipinski definition) is 1. The van der Waals surface area contributed by atoms with Crippen molar-refractivity contribution in [3.8, 4) is 5.75 Å². The van der Waals surface area contributed by atoms with Gasteiger partial charge in [-0.3, -0.25) is 14.2 Å². The van der Waals surface area contributed by atoms with Crippen LogP contribution in [-0.4, -0.2) is 31.7 Å². The number of rotatable bonds is 6. The molecule has 1 atom stereocenters. The summed E-state index contributed by atoms with van der Waals surface area (Å²) in [5, 5.41) is 2.97. The summed E-state index contributed by atoms with van der Waals surface area (Å²) in [6.07, 6.45) is 1.86. The maximum Gasteiger partial charge on any atom is 0.271 e. The third-order valence-electron chi connectivity index (χ3n) is 6.46. The molecule has 1 unspecified atom stereocenters. The van der Waals surface area contributed by atoms with E-state index in [-0.39, 0.29) is 11.5 Å². The second-order valence-electron chi connectivity index (χ2n) is 9.28. The number of halogens is 1. The number of benzene rings is 3. The average Bonchev–Trinajstić information content (AvgIpc) is 3.22. The van der Waals surface area contributed by atoms with Crippen LogP contribution in [0.25, 0.3) is 6.08 Å². The van der Waals surface area contributed by atoms with E-state index in [1.807, 2.05) is 97.9 Å². The van der Waals surface area contributed by atoms with Crippen LogP contribution in [0.15, 0.2) is 98.3 Å². The molecule has 0 saturated carbocycles. The van der Waals surface area contributed by atoms with E-state index in [1.54, 1.807) is 18.6 Å². The standard InChI is InChI=1S/C30H27BrN4O3S/c1-18-26(28(36)33-21-10-6-5-7-11-21)27(20-9-8-12-22(17-20)38-4)35-29(37)25(39-30(35)32-18)16-19-13-14-24(34(2)3)23(31)15-19/h5-17,27H,1-4H3,(H,33,36)/b25-16-. The number of hydrogen-bond acceptors (Lipinski definition) is 6. The highest BCUT2D eigenvalue weighted by molar-refractivity contribution is 9.10. The van der Waals surface area contributed by atoms with Crippen molar-refractivity contribution < 1.29 is 9.53 Å². The summed E-state index contributed by atoms with van der Waals surface area (Å²) >= 11 is 4.93. The number of carbonyl (C=O) groups is 1. The Hall–Kier alpha value is -3.95. The van der Waals surface area contributed by atoms with E-state index in [1.165, 1.54) is 11.3 Å². The fraction of sp³-hybridized carbons (Fsp3) is 0.167. The number of ether oxygens (including phenoxy) is 1. The molecule has 0 spiro atoms. The van der Waals surface area contributed by atoms with Crippen molar-refractivity contribution in [2.45, 2.75) is 13.0 Å². The first-order chi connectivity index (χ1) is 18.8. The van der Waals surface area contributed by atoms with Crippen molar-refractivity contribution in [3.05, 3.63) is 119 Å². The SMILES string of the molecule is COc1cccc(C2C(C(=O)Nc3ccccc3)=C(C)N=c3s/c(=C\c4ccc(N(C)C)c(Br)c4)c(=O)n32)c1. The maximum atomic E-state index is 13.9. The molecule has 7 nitrogen and oxygen atoms in total. The summed E-state index contributed by atoms with van der Waals surface area (Å²) in [6, 6.07) is 22.0. The zero-order valence-electron chi connectivity index (χ0n) is 21.9. The fourth-order valence-electron chi connectivity index (χ4n) is 4.59. The number of fused-ring (bicyclic) bond motifs is 1. The van der Waals surface area contributed by atoms with Gasteiger partial charge < -0.3 is 15.0 Å². The van der Waals surface area contributed by atoms with Gasteiger partial charge in [0.1, 0.15) is 5.75 Å². The Bertz CT molecular complexity index is 1770. The first-order valence-electron chi connectivity index (χ1n) is 12.3. The first kappa shape index (κ1) is 26.6. The Balaban J connectivity index is 1.67. The van der Waals surface area contributed by atoms with Gasteiger partial charge in [0.05, 0.1) is 34.6 Å². The third kappa shape index (κ3) is 5.32. The van der Waals surface area contributed by atoms with E-state index in [0.29, 0.717) is 32.0 Å². The highest BCUT2D eigenvalue weighted by Crippen LogP contribution is 2.32. The molecule has 0 radical (unpaired) electrons. The molecule has 2 heterocycles. The quantitative estimate of drug-likeness (QED) is 0.347. The second-order valence-corrected chi connectivity index (χ2v) is 11.1. The Kier molecular flexibility index (Phi) is 7.54. The highest BCUT2D eigenvalue weighted by atomic mass is 79.9. The number of aromatic nitrogens is 1. The van der Waals surface area contributed by atoms with Crippen molar-refractivity contribution in [2.75, 3.05) is 31.4 Å². The van der Waals surface area contributed by atoms with Crippen molar-refractivity contribution in [2.24, 2.45) is 4.99 Å². The maximum absolute atomic E-state index is 13.9. The molecule has 1 amide bonds. The number of nitrogens with one attached hydrogen (secondary N) is 1. The van der Waals surface area contributed by atoms with Crippen LogP contribution < -0.4 is 29.8 Å². The molecule has 0 saturated heterocycles. The van der Waals surface area contributed by atoms with Gasteiger partial charge in [0.25, 0.3) is 11.5 Å². The van der Waals surface area contributed by atoms with Gasteiger partial charge in [-0.2, -0.15) is 0 Å². The summed E-state index contributed by atoms with van der Waals surface area (Å²) < 4.78 is 8.54. The van der Waals surface area contributed by atoms with Gasteiger partial charge >= 0.3 is 0 Å². The molecule has 1 N–H and O–H groups in total. The van der Waals surface area contributed by atoms with Crippen molar-refractivity contribution in [3.63, 3.8) is 0 Å². The van der Waals surface area contributed by atoms with Crippen LogP contribution in [0, 0.1) is 0 Å². The smallest absolute Gasteiger partial charge is 0.271 e. The van der Waals surface area contributed by atoms with Gasteiger partial charge in [-0.05, 0) is 76.5 Å². The zero-order valence-corrected chi connectivity index (χ0v) is 24.3. The van der Waals surface area contributed by atoms with E-state index in [9.17, 15) is 9.59 Å². The molecule has 1 aromatic heterocycles. The number of anilines is 2. The number of nitrogens with zero attached hydrogens (tertiary/aromatic N) is 3. The summed E-state index contributed by atoms with van der Waals surface area (Å²) in [4.78, 5) is 34.9. The molecule has 39 heavy (non-hydrogen) atoms.